The van der Waals surface area contributed by atoms with Crippen molar-refractivity contribution in [3.8, 4) is 0 Å². The summed E-state index contributed by atoms with van der Waals surface area (Å²) in [5.41, 5.74) is 2.96. The summed E-state index contributed by atoms with van der Waals surface area (Å²) in [5.74, 6) is -0.906. The maximum Gasteiger partial charge on any atom is 0.313 e. The van der Waals surface area contributed by atoms with Gasteiger partial charge >= 0.3 is 5.97 Å². The molecule has 3 fully saturated rings. The number of methoxy groups -OCH3 is 1. The average Bonchev–Trinajstić information content (AvgIpc) is 3.20. The van der Waals surface area contributed by atoms with Crippen molar-refractivity contribution in [2.75, 3.05) is 7.11 Å². The van der Waals surface area contributed by atoms with Gasteiger partial charge in [-0.1, -0.05) is 74.6 Å². The SMILES string of the molecule is COC(=O)[C@@H](Cc1nc2ccccc2n(C2C[C@H]3CC[C@@H](C2)N3C2CCCCCCC2)c1=O)c1ccccc1. The fraction of sp³-hybridized carbons (Fsp3) is 0.545. The molecular weight excluding hydrogens is 486 g/mol. The standard InChI is InChI=1S/C33H41N3O3/c1-39-33(38)28(23-12-6-5-7-13-23)22-30-32(37)36(31-17-11-10-16-29(31)34-30)27-20-25-18-19-26(21-27)35(25)24-14-8-3-2-4-9-15-24/h5-7,10-13,16-17,24-28H,2-4,8-9,14-15,18-22H2,1H3/t25-,26+,27?,28-/m0/s1. The van der Waals surface area contributed by atoms with Gasteiger partial charge in [0.1, 0.15) is 5.69 Å². The number of ether oxygens (including phenoxy) is 1. The van der Waals surface area contributed by atoms with Crippen molar-refractivity contribution in [2.24, 2.45) is 0 Å². The van der Waals surface area contributed by atoms with Crippen LogP contribution in [0.1, 0.15) is 93.8 Å². The molecule has 39 heavy (non-hydrogen) atoms. The van der Waals surface area contributed by atoms with E-state index < -0.39 is 5.92 Å². The fourth-order valence-electron chi connectivity index (χ4n) is 7.78. The highest BCUT2D eigenvalue weighted by atomic mass is 16.5. The molecule has 2 bridgehead atoms. The quantitative estimate of drug-likeness (QED) is 0.359. The third-order valence-electron chi connectivity index (χ3n) is 9.57. The molecule has 4 atom stereocenters. The van der Waals surface area contributed by atoms with Crippen LogP contribution in [-0.4, -0.2) is 45.7 Å². The summed E-state index contributed by atoms with van der Waals surface area (Å²) in [6.07, 6.45) is 14.2. The van der Waals surface area contributed by atoms with Gasteiger partial charge in [0.2, 0.25) is 0 Å². The lowest BCUT2D eigenvalue weighted by molar-refractivity contribution is -0.142. The van der Waals surface area contributed by atoms with Crippen LogP contribution in [0.15, 0.2) is 59.4 Å². The predicted molar refractivity (Wildman–Crippen MR) is 154 cm³/mol. The van der Waals surface area contributed by atoms with E-state index in [0.29, 0.717) is 23.8 Å². The van der Waals surface area contributed by atoms with Crippen molar-refractivity contribution in [3.63, 3.8) is 0 Å². The number of benzene rings is 2. The molecule has 3 aliphatic rings. The third-order valence-corrected chi connectivity index (χ3v) is 9.57. The van der Waals surface area contributed by atoms with Gasteiger partial charge in [-0.3, -0.25) is 14.5 Å². The number of carbonyl (C=O) groups is 1. The summed E-state index contributed by atoms with van der Waals surface area (Å²) >= 11 is 0. The minimum atomic E-state index is -0.566. The van der Waals surface area contributed by atoms with Gasteiger partial charge in [0.15, 0.2) is 0 Å². The Kier molecular flexibility index (Phi) is 7.83. The van der Waals surface area contributed by atoms with Crippen LogP contribution in [0, 0.1) is 0 Å². The van der Waals surface area contributed by atoms with Crippen molar-refractivity contribution < 1.29 is 9.53 Å². The van der Waals surface area contributed by atoms with Gasteiger partial charge in [-0.15, -0.1) is 0 Å². The number of nitrogens with zero attached hydrogens (tertiary/aromatic N) is 3. The molecule has 1 aliphatic carbocycles. The van der Waals surface area contributed by atoms with E-state index in [9.17, 15) is 9.59 Å². The first-order valence-corrected chi connectivity index (χ1v) is 15.0. The van der Waals surface area contributed by atoms with Crippen LogP contribution in [0.3, 0.4) is 0 Å². The molecule has 0 amide bonds. The van der Waals surface area contributed by atoms with Gasteiger partial charge in [-0.05, 0) is 56.2 Å². The first kappa shape index (κ1) is 26.2. The normalized spacial score (nSPS) is 25.2. The Labute approximate surface area is 231 Å². The Morgan fingerprint density at radius 1 is 0.846 bits per heavy atom. The molecule has 206 valence electrons. The van der Waals surface area contributed by atoms with E-state index in [-0.39, 0.29) is 24.0 Å². The molecule has 2 aliphatic heterocycles. The molecule has 1 unspecified atom stereocenters. The largest absolute Gasteiger partial charge is 0.469 e. The summed E-state index contributed by atoms with van der Waals surface area (Å²) in [6.45, 7) is 0. The minimum Gasteiger partial charge on any atom is -0.469 e. The zero-order valence-electron chi connectivity index (χ0n) is 23.1. The Hall–Kier alpha value is -2.99. The van der Waals surface area contributed by atoms with Crippen LogP contribution < -0.4 is 5.56 Å². The zero-order valence-corrected chi connectivity index (χ0v) is 23.1. The lowest BCUT2D eigenvalue weighted by Crippen LogP contribution is -2.50. The fourth-order valence-corrected chi connectivity index (χ4v) is 7.78. The molecule has 3 heterocycles. The summed E-state index contributed by atoms with van der Waals surface area (Å²) in [5, 5.41) is 0. The number of esters is 1. The van der Waals surface area contributed by atoms with Gasteiger partial charge < -0.3 is 9.30 Å². The van der Waals surface area contributed by atoms with E-state index in [1.165, 1.54) is 64.9 Å². The van der Waals surface area contributed by atoms with Gasteiger partial charge in [0.05, 0.1) is 24.1 Å². The molecule has 1 aromatic heterocycles. The lowest BCUT2D eigenvalue weighted by Gasteiger charge is -2.45. The zero-order chi connectivity index (χ0) is 26.8. The van der Waals surface area contributed by atoms with E-state index in [0.717, 1.165) is 29.4 Å². The van der Waals surface area contributed by atoms with E-state index >= 15 is 0 Å². The van der Waals surface area contributed by atoms with E-state index in [1.54, 1.807) is 0 Å². The van der Waals surface area contributed by atoms with Gasteiger partial charge in [0, 0.05) is 30.6 Å². The van der Waals surface area contributed by atoms with Crippen LogP contribution in [0.5, 0.6) is 0 Å². The number of piperidine rings is 1. The van der Waals surface area contributed by atoms with Crippen LogP contribution in [0.2, 0.25) is 0 Å². The van der Waals surface area contributed by atoms with Crippen LogP contribution in [0.25, 0.3) is 11.0 Å². The van der Waals surface area contributed by atoms with Crippen LogP contribution >= 0.6 is 0 Å². The first-order chi connectivity index (χ1) is 19.1. The van der Waals surface area contributed by atoms with Gasteiger partial charge in [-0.2, -0.15) is 0 Å². The van der Waals surface area contributed by atoms with E-state index in [4.69, 9.17) is 9.72 Å². The van der Waals surface area contributed by atoms with E-state index in [2.05, 4.69) is 4.90 Å². The lowest BCUT2D eigenvalue weighted by atomic mass is 9.89. The molecule has 0 radical (unpaired) electrons. The number of rotatable bonds is 6. The summed E-state index contributed by atoms with van der Waals surface area (Å²) in [6, 6.07) is 19.5. The van der Waals surface area contributed by atoms with Crippen LogP contribution in [0.4, 0.5) is 0 Å². The number of para-hydroxylation sites is 2. The van der Waals surface area contributed by atoms with Gasteiger partial charge in [-0.25, -0.2) is 4.98 Å². The molecule has 0 spiro atoms. The first-order valence-electron chi connectivity index (χ1n) is 15.0. The van der Waals surface area contributed by atoms with Crippen molar-refractivity contribution in [1.29, 1.82) is 0 Å². The second-order valence-electron chi connectivity index (χ2n) is 11.9. The second kappa shape index (κ2) is 11.6. The molecule has 1 saturated carbocycles. The van der Waals surface area contributed by atoms with E-state index in [1.807, 2.05) is 59.2 Å². The highest BCUT2D eigenvalue weighted by Crippen LogP contribution is 2.44. The Balaban J connectivity index is 1.33. The number of hydrogen-bond acceptors (Lipinski definition) is 5. The highest BCUT2D eigenvalue weighted by molar-refractivity contribution is 5.79. The molecule has 6 rings (SSSR count). The van der Waals surface area contributed by atoms with Crippen molar-refractivity contribution >= 4 is 17.0 Å². The molecule has 2 saturated heterocycles. The molecule has 6 nitrogen and oxygen atoms in total. The second-order valence-corrected chi connectivity index (χ2v) is 11.9. The summed E-state index contributed by atoms with van der Waals surface area (Å²) in [7, 11) is 1.41. The number of hydrogen-bond donors (Lipinski definition) is 0. The van der Waals surface area contributed by atoms with Crippen molar-refractivity contribution in [1.82, 2.24) is 14.5 Å². The van der Waals surface area contributed by atoms with Gasteiger partial charge in [0.25, 0.3) is 5.56 Å². The average molecular weight is 528 g/mol. The Bertz CT molecular complexity index is 1330. The summed E-state index contributed by atoms with van der Waals surface area (Å²) < 4.78 is 7.19. The third kappa shape index (κ3) is 5.28. The predicted octanol–water partition coefficient (Wildman–Crippen LogP) is 6.18. The maximum atomic E-state index is 14.2. The highest BCUT2D eigenvalue weighted by Gasteiger charge is 2.44. The minimum absolute atomic E-state index is 0.0534. The monoisotopic (exact) mass is 527 g/mol. The van der Waals surface area contributed by atoms with Crippen molar-refractivity contribution in [3.05, 3.63) is 76.2 Å². The Morgan fingerprint density at radius 2 is 1.49 bits per heavy atom. The number of aromatic nitrogens is 2. The molecule has 2 aromatic carbocycles. The number of carbonyl (C=O) groups excluding carboxylic acids is 1. The maximum absolute atomic E-state index is 14.2. The van der Waals surface area contributed by atoms with Crippen molar-refractivity contribution in [2.45, 2.75) is 107 Å². The molecular formula is C33H41N3O3. The molecule has 0 N–H and O–H groups in total. The topological polar surface area (TPSA) is 64.4 Å². The number of fused-ring (bicyclic) bond motifs is 3. The smallest absolute Gasteiger partial charge is 0.313 e. The molecule has 3 aromatic rings. The van der Waals surface area contributed by atoms with Crippen LogP contribution in [-0.2, 0) is 16.0 Å². The Morgan fingerprint density at radius 3 is 2.18 bits per heavy atom. The summed E-state index contributed by atoms with van der Waals surface area (Å²) in [4.78, 5) is 34.7. The molecule has 6 heteroatoms.